The summed E-state index contributed by atoms with van der Waals surface area (Å²) < 4.78 is 11.0. The molecule has 1 aliphatic heterocycles. The van der Waals surface area contributed by atoms with Gasteiger partial charge in [0.2, 0.25) is 0 Å². The van der Waals surface area contributed by atoms with Crippen LogP contribution in [-0.2, 0) is 0 Å². The van der Waals surface area contributed by atoms with Crippen LogP contribution in [-0.4, -0.2) is 24.0 Å². The number of rotatable bonds is 4. The Balaban J connectivity index is 1.71. The van der Waals surface area contributed by atoms with Crippen LogP contribution in [0.25, 0.3) is 0 Å². The van der Waals surface area contributed by atoms with E-state index in [9.17, 15) is 14.9 Å². The van der Waals surface area contributed by atoms with Gasteiger partial charge in [0.25, 0.3) is 5.91 Å². The van der Waals surface area contributed by atoms with E-state index < -0.39 is 4.92 Å². The van der Waals surface area contributed by atoms with E-state index in [1.807, 2.05) is 25.1 Å². The third-order valence-corrected chi connectivity index (χ3v) is 4.45. The Morgan fingerprint density at radius 2 is 2.00 bits per heavy atom. The molecule has 0 saturated carbocycles. The molecule has 7 nitrogen and oxygen atoms in total. The van der Waals surface area contributed by atoms with E-state index in [0.717, 1.165) is 16.9 Å². The number of nitrogens with one attached hydrogen (secondary N) is 1. The third-order valence-electron chi connectivity index (χ3n) is 3.41. The molecule has 2 aromatic rings. The fraction of sp³-hybridized carbons (Fsp3) is 0.267. The number of benzene rings is 1. The van der Waals surface area contributed by atoms with Gasteiger partial charge in [0.1, 0.15) is 13.2 Å². The molecule has 0 radical (unpaired) electrons. The Labute approximate surface area is 136 Å². The monoisotopic (exact) mass is 334 g/mol. The summed E-state index contributed by atoms with van der Waals surface area (Å²) >= 11 is 0.853. The van der Waals surface area contributed by atoms with Crippen LogP contribution in [0.5, 0.6) is 11.5 Å². The van der Waals surface area contributed by atoms with Gasteiger partial charge in [-0.25, -0.2) is 0 Å². The van der Waals surface area contributed by atoms with Crippen molar-refractivity contribution in [3.63, 3.8) is 0 Å². The van der Waals surface area contributed by atoms with Gasteiger partial charge in [0.05, 0.1) is 15.8 Å². The van der Waals surface area contributed by atoms with Gasteiger partial charge in [-0.15, -0.1) is 0 Å². The maximum atomic E-state index is 12.2. The highest BCUT2D eigenvalue weighted by Gasteiger charge is 2.19. The average molecular weight is 334 g/mol. The predicted octanol–water partition coefficient (Wildman–Crippen LogP) is 2.92. The van der Waals surface area contributed by atoms with Gasteiger partial charge in [-0.1, -0.05) is 17.4 Å². The minimum absolute atomic E-state index is 0.0536. The Morgan fingerprint density at radius 3 is 2.70 bits per heavy atom. The second kappa shape index (κ2) is 6.25. The van der Waals surface area contributed by atoms with E-state index in [2.05, 4.69) is 5.32 Å². The minimum atomic E-state index is -0.508. The van der Waals surface area contributed by atoms with Crippen molar-refractivity contribution in [2.24, 2.45) is 0 Å². The van der Waals surface area contributed by atoms with Crippen LogP contribution in [0, 0.1) is 10.1 Å². The molecule has 1 N–H and O–H groups in total. The molecule has 1 unspecified atom stereocenters. The summed E-state index contributed by atoms with van der Waals surface area (Å²) in [7, 11) is 0. The quantitative estimate of drug-likeness (QED) is 0.686. The fourth-order valence-corrected chi connectivity index (χ4v) is 2.95. The Bertz CT molecular complexity index is 758. The molecule has 1 aromatic carbocycles. The van der Waals surface area contributed by atoms with Gasteiger partial charge in [-0.05, 0) is 30.7 Å². The third kappa shape index (κ3) is 3.26. The van der Waals surface area contributed by atoms with Crippen LogP contribution >= 0.6 is 11.3 Å². The second-order valence-corrected chi connectivity index (χ2v) is 6.06. The molecule has 0 fully saturated rings. The molecule has 120 valence electrons. The molecule has 23 heavy (non-hydrogen) atoms. The molecule has 1 atom stereocenters. The van der Waals surface area contributed by atoms with Crippen molar-refractivity contribution >= 4 is 22.2 Å². The van der Waals surface area contributed by atoms with E-state index in [4.69, 9.17) is 9.47 Å². The fourth-order valence-electron chi connectivity index (χ4n) is 2.23. The van der Waals surface area contributed by atoms with Crippen LogP contribution in [0.1, 0.15) is 28.2 Å². The summed E-state index contributed by atoms with van der Waals surface area (Å²) in [6.45, 7) is 2.86. The number of amides is 1. The maximum absolute atomic E-state index is 12.2. The second-order valence-electron chi connectivity index (χ2n) is 4.99. The Kier molecular flexibility index (Phi) is 4.16. The van der Waals surface area contributed by atoms with Crippen molar-refractivity contribution in [2.45, 2.75) is 13.0 Å². The molecule has 1 aromatic heterocycles. The molecule has 1 amide bonds. The first-order valence-electron chi connectivity index (χ1n) is 6.99. The zero-order valence-electron chi connectivity index (χ0n) is 12.3. The number of nitro groups is 1. The zero-order valence-corrected chi connectivity index (χ0v) is 13.1. The van der Waals surface area contributed by atoms with Gasteiger partial charge in [-0.3, -0.25) is 14.9 Å². The first kappa shape index (κ1) is 15.3. The van der Waals surface area contributed by atoms with Gasteiger partial charge in [0, 0.05) is 6.07 Å². The number of hydrogen-bond donors (Lipinski definition) is 1. The standard InChI is InChI=1S/C15H14N2O5S/c1-9(10-2-3-11-12(8-10)22-7-6-21-11)16-15(18)13-4-5-14(23-13)17(19)20/h2-5,8-9H,6-7H2,1H3,(H,16,18). The number of carbonyl (C=O) groups excluding carboxylic acids is 1. The lowest BCUT2D eigenvalue weighted by molar-refractivity contribution is -0.380. The molecular weight excluding hydrogens is 320 g/mol. The molecule has 0 saturated heterocycles. The molecule has 1 aliphatic rings. The molecule has 8 heteroatoms. The molecule has 2 heterocycles. The zero-order chi connectivity index (χ0) is 16.4. The SMILES string of the molecule is CC(NC(=O)c1ccc([N+](=O)[O-])s1)c1ccc2c(c1)OCCO2. The smallest absolute Gasteiger partial charge is 0.324 e. The van der Waals surface area contributed by atoms with Crippen molar-refractivity contribution in [2.75, 3.05) is 13.2 Å². The normalized spacial score (nSPS) is 14.1. The van der Waals surface area contributed by atoms with Crippen molar-refractivity contribution in [1.29, 1.82) is 0 Å². The molecule has 0 aliphatic carbocycles. The highest BCUT2D eigenvalue weighted by Crippen LogP contribution is 2.32. The van der Waals surface area contributed by atoms with Crippen molar-refractivity contribution in [3.05, 3.63) is 50.9 Å². The summed E-state index contributed by atoms with van der Waals surface area (Å²) in [5.41, 5.74) is 0.869. The Morgan fingerprint density at radius 1 is 1.26 bits per heavy atom. The van der Waals surface area contributed by atoms with Crippen molar-refractivity contribution in [3.8, 4) is 11.5 Å². The number of ether oxygens (including phenoxy) is 2. The highest BCUT2D eigenvalue weighted by molar-refractivity contribution is 7.17. The summed E-state index contributed by atoms with van der Waals surface area (Å²) in [5, 5.41) is 13.4. The van der Waals surface area contributed by atoms with Crippen molar-refractivity contribution in [1.82, 2.24) is 5.32 Å². The summed E-state index contributed by atoms with van der Waals surface area (Å²) in [6, 6.07) is 8.01. The number of thiophene rings is 1. The first-order valence-corrected chi connectivity index (χ1v) is 7.81. The summed E-state index contributed by atoms with van der Waals surface area (Å²) in [6.07, 6.45) is 0. The van der Waals surface area contributed by atoms with Crippen LogP contribution in [0.4, 0.5) is 5.00 Å². The predicted molar refractivity (Wildman–Crippen MR) is 84.3 cm³/mol. The number of nitrogens with zero attached hydrogens (tertiary/aromatic N) is 1. The van der Waals surface area contributed by atoms with Crippen LogP contribution in [0.2, 0.25) is 0 Å². The molecule has 0 spiro atoms. The van der Waals surface area contributed by atoms with Gasteiger partial charge >= 0.3 is 5.00 Å². The van der Waals surface area contributed by atoms with Gasteiger partial charge in [0.15, 0.2) is 11.5 Å². The van der Waals surface area contributed by atoms with Crippen molar-refractivity contribution < 1.29 is 19.2 Å². The number of hydrogen-bond acceptors (Lipinski definition) is 6. The van der Waals surface area contributed by atoms with Crippen LogP contribution in [0.15, 0.2) is 30.3 Å². The highest BCUT2D eigenvalue weighted by atomic mass is 32.1. The largest absolute Gasteiger partial charge is 0.486 e. The maximum Gasteiger partial charge on any atom is 0.324 e. The topological polar surface area (TPSA) is 90.7 Å². The van der Waals surface area contributed by atoms with Crippen LogP contribution < -0.4 is 14.8 Å². The summed E-state index contributed by atoms with van der Waals surface area (Å²) in [5.74, 6) is 1.000. The molecular formula is C15H14N2O5S. The number of carbonyl (C=O) groups is 1. The lowest BCUT2D eigenvalue weighted by Crippen LogP contribution is -2.26. The first-order chi connectivity index (χ1) is 11.0. The van der Waals surface area contributed by atoms with E-state index >= 15 is 0 Å². The van der Waals surface area contributed by atoms with Gasteiger partial charge in [-0.2, -0.15) is 0 Å². The van der Waals surface area contributed by atoms with E-state index in [0.29, 0.717) is 29.6 Å². The Hall–Kier alpha value is -2.61. The average Bonchev–Trinajstić information content (AvgIpc) is 3.04. The number of fused-ring (bicyclic) bond motifs is 1. The lowest BCUT2D eigenvalue weighted by atomic mass is 10.1. The van der Waals surface area contributed by atoms with Gasteiger partial charge < -0.3 is 14.8 Å². The molecule has 0 bridgehead atoms. The van der Waals surface area contributed by atoms with E-state index in [1.165, 1.54) is 12.1 Å². The molecule has 3 rings (SSSR count). The summed E-state index contributed by atoms with van der Waals surface area (Å²) in [4.78, 5) is 22.6. The minimum Gasteiger partial charge on any atom is -0.486 e. The van der Waals surface area contributed by atoms with Crippen LogP contribution in [0.3, 0.4) is 0 Å². The van der Waals surface area contributed by atoms with E-state index in [1.54, 1.807) is 0 Å². The van der Waals surface area contributed by atoms with E-state index in [-0.39, 0.29) is 17.0 Å². The lowest BCUT2D eigenvalue weighted by Gasteiger charge is -2.21.